The second kappa shape index (κ2) is 6.41. The summed E-state index contributed by atoms with van der Waals surface area (Å²) >= 11 is 0. The molecule has 1 aliphatic rings. The zero-order valence-electron chi connectivity index (χ0n) is 11.7. The van der Waals surface area contributed by atoms with E-state index in [-0.39, 0.29) is 29.0 Å². The molecule has 0 aromatic heterocycles. The van der Waals surface area contributed by atoms with E-state index in [2.05, 4.69) is 0 Å². The number of nitro groups is 1. The van der Waals surface area contributed by atoms with E-state index >= 15 is 0 Å². The summed E-state index contributed by atoms with van der Waals surface area (Å²) in [5.41, 5.74) is -0.464. The minimum absolute atomic E-state index is 0.0266. The topological polar surface area (TPSA) is 130 Å². The van der Waals surface area contributed by atoms with Crippen molar-refractivity contribution in [3.63, 3.8) is 0 Å². The summed E-state index contributed by atoms with van der Waals surface area (Å²) in [6, 6.07) is 3.24. The Kier molecular flexibility index (Phi) is 4.77. The summed E-state index contributed by atoms with van der Waals surface area (Å²) in [5, 5.41) is 16.0. The first-order chi connectivity index (χ1) is 10.3. The number of carbonyl (C=O) groups excluding carboxylic acids is 1. The summed E-state index contributed by atoms with van der Waals surface area (Å²) in [6.07, 6.45) is 2.59. The van der Waals surface area contributed by atoms with E-state index in [1.165, 1.54) is 6.07 Å². The lowest BCUT2D eigenvalue weighted by molar-refractivity contribution is -0.386. The molecule has 0 radical (unpaired) electrons. The van der Waals surface area contributed by atoms with Gasteiger partial charge in [-0.1, -0.05) is 0 Å². The summed E-state index contributed by atoms with van der Waals surface area (Å²) in [6.45, 7) is 0.182. The number of sulfonamides is 1. The fourth-order valence-electron chi connectivity index (χ4n) is 2.40. The van der Waals surface area contributed by atoms with Crippen molar-refractivity contribution in [1.29, 1.82) is 0 Å². The number of Topliss-reactive ketones (excluding diaryl/α,β-unsaturated/α-hetero) is 1. The van der Waals surface area contributed by atoms with Crippen LogP contribution in [0.25, 0.3) is 0 Å². The van der Waals surface area contributed by atoms with Crippen LogP contribution in [0, 0.1) is 16.0 Å². The zero-order chi connectivity index (χ0) is 16.3. The fraction of sp³-hybridized carbons (Fsp3) is 0.462. The molecule has 22 heavy (non-hydrogen) atoms. The van der Waals surface area contributed by atoms with Gasteiger partial charge in [0, 0.05) is 18.9 Å². The molecule has 2 N–H and O–H groups in total. The number of benzene rings is 1. The van der Waals surface area contributed by atoms with Gasteiger partial charge in [-0.3, -0.25) is 14.9 Å². The monoisotopic (exact) mass is 328 g/mol. The maximum atomic E-state index is 11.4. The maximum Gasteiger partial charge on any atom is 0.312 e. The van der Waals surface area contributed by atoms with Crippen molar-refractivity contribution >= 4 is 21.5 Å². The molecule has 0 heterocycles. The highest BCUT2D eigenvalue weighted by Gasteiger charge is 2.23. The zero-order valence-corrected chi connectivity index (χ0v) is 12.5. The van der Waals surface area contributed by atoms with Gasteiger partial charge in [-0.05, 0) is 30.9 Å². The van der Waals surface area contributed by atoms with Gasteiger partial charge in [0.15, 0.2) is 5.75 Å². The molecule has 0 amide bonds. The Hall–Kier alpha value is -2.00. The Morgan fingerprint density at radius 2 is 2.14 bits per heavy atom. The fourth-order valence-corrected chi connectivity index (χ4v) is 2.94. The summed E-state index contributed by atoms with van der Waals surface area (Å²) in [4.78, 5) is 21.3. The number of carbonyl (C=O) groups is 1. The van der Waals surface area contributed by atoms with Crippen molar-refractivity contribution in [2.24, 2.45) is 11.1 Å². The van der Waals surface area contributed by atoms with Gasteiger partial charge in [-0.25, -0.2) is 13.6 Å². The Labute approximate surface area is 127 Å². The molecule has 1 unspecified atom stereocenters. The van der Waals surface area contributed by atoms with Crippen LogP contribution in [0.2, 0.25) is 0 Å². The van der Waals surface area contributed by atoms with E-state index in [4.69, 9.17) is 9.88 Å². The first-order valence-electron chi connectivity index (χ1n) is 6.73. The molecule has 1 aromatic rings. The molecule has 0 bridgehead atoms. The van der Waals surface area contributed by atoms with Crippen LogP contribution in [0.15, 0.2) is 23.1 Å². The summed E-state index contributed by atoms with van der Waals surface area (Å²) in [5.74, 6) is 0.160. The smallest absolute Gasteiger partial charge is 0.312 e. The van der Waals surface area contributed by atoms with Crippen LogP contribution >= 0.6 is 0 Å². The number of hydrogen-bond acceptors (Lipinski definition) is 6. The van der Waals surface area contributed by atoms with Crippen molar-refractivity contribution in [2.75, 3.05) is 6.61 Å². The van der Waals surface area contributed by atoms with Gasteiger partial charge in [0.05, 0.1) is 16.4 Å². The molecule has 120 valence electrons. The minimum Gasteiger partial charge on any atom is -0.487 e. The molecular weight excluding hydrogens is 312 g/mol. The van der Waals surface area contributed by atoms with Gasteiger partial charge >= 0.3 is 5.69 Å². The van der Waals surface area contributed by atoms with Crippen molar-refractivity contribution in [3.05, 3.63) is 28.3 Å². The molecule has 2 rings (SSSR count). The highest BCUT2D eigenvalue weighted by Crippen LogP contribution is 2.31. The van der Waals surface area contributed by atoms with Gasteiger partial charge in [0.1, 0.15) is 5.78 Å². The SMILES string of the molecule is NS(=O)(=O)c1ccc(OCC2CCCC(=O)C2)c([N+](=O)[O-])c1. The molecule has 0 spiro atoms. The van der Waals surface area contributed by atoms with E-state index in [0.29, 0.717) is 12.8 Å². The quantitative estimate of drug-likeness (QED) is 0.642. The van der Waals surface area contributed by atoms with E-state index in [0.717, 1.165) is 25.0 Å². The second-order valence-electron chi connectivity index (χ2n) is 5.24. The Balaban J connectivity index is 2.16. The number of primary sulfonamides is 1. The number of nitrogens with two attached hydrogens (primary N) is 1. The van der Waals surface area contributed by atoms with Gasteiger partial charge in [-0.15, -0.1) is 0 Å². The van der Waals surface area contributed by atoms with Gasteiger partial charge in [-0.2, -0.15) is 0 Å². The Bertz CT molecular complexity index is 700. The van der Waals surface area contributed by atoms with Crippen LogP contribution in [0.4, 0.5) is 5.69 Å². The molecule has 1 fully saturated rings. The van der Waals surface area contributed by atoms with Crippen molar-refractivity contribution in [1.82, 2.24) is 0 Å². The molecule has 1 aliphatic carbocycles. The van der Waals surface area contributed by atoms with Crippen molar-refractivity contribution < 1.29 is 22.9 Å². The third-order valence-electron chi connectivity index (χ3n) is 3.51. The molecular formula is C13H16N2O6S. The first-order valence-corrected chi connectivity index (χ1v) is 8.28. The number of rotatable bonds is 5. The number of hydrogen-bond donors (Lipinski definition) is 1. The number of nitro benzene ring substituents is 1. The van der Waals surface area contributed by atoms with Crippen LogP contribution in [0.3, 0.4) is 0 Å². The largest absolute Gasteiger partial charge is 0.487 e. The number of ketones is 1. The van der Waals surface area contributed by atoms with E-state index < -0.39 is 20.6 Å². The first kappa shape index (κ1) is 16.4. The molecule has 8 nitrogen and oxygen atoms in total. The predicted octanol–water partition coefficient (Wildman–Crippen LogP) is 1.38. The minimum atomic E-state index is -4.02. The van der Waals surface area contributed by atoms with Crippen molar-refractivity contribution in [3.8, 4) is 5.75 Å². The normalized spacial score (nSPS) is 19.0. The Morgan fingerprint density at radius 1 is 1.41 bits per heavy atom. The summed E-state index contributed by atoms with van der Waals surface area (Å²) in [7, 11) is -4.02. The van der Waals surface area contributed by atoms with Gasteiger partial charge < -0.3 is 4.74 Å². The number of nitrogens with zero attached hydrogens (tertiary/aromatic N) is 1. The lowest BCUT2D eigenvalue weighted by Gasteiger charge is -2.20. The molecule has 1 atom stereocenters. The van der Waals surface area contributed by atoms with Crippen LogP contribution < -0.4 is 9.88 Å². The van der Waals surface area contributed by atoms with Crippen LogP contribution in [0.1, 0.15) is 25.7 Å². The second-order valence-corrected chi connectivity index (χ2v) is 6.81. The molecule has 1 saturated carbocycles. The lowest BCUT2D eigenvalue weighted by atomic mass is 9.89. The molecule has 0 saturated heterocycles. The lowest BCUT2D eigenvalue weighted by Crippen LogP contribution is -2.21. The Morgan fingerprint density at radius 3 is 2.73 bits per heavy atom. The van der Waals surface area contributed by atoms with Crippen LogP contribution in [-0.4, -0.2) is 25.7 Å². The molecule has 9 heteroatoms. The van der Waals surface area contributed by atoms with Crippen molar-refractivity contribution in [2.45, 2.75) is 30.6 Å². The van der Waals surface area contributed by atoms with Crippen LogP contribution in [0.5, 0.6) is 5.75 Å². The van der Waals surface area contributed by atoms with E-state index in [9.17, 15) is 23.3 Å². The third kappa shape index (κ3) is 4.01. The molecule has 1 aromatic carbocycles. The molecule has 0 aliphatic heterocycles. The van der Waals surface area contributed by atoms with E-state index in [1.54, 1.807) is 0 Å². The summed E-state index contributed by atoms with van der Waals surface area (Å²) < 4.78 is 27.9. The highest BCUT2D eigenvalue weighted by molar-refractivity contribution is 7.89. The average molecular weight is 328 g/mol. The standard InChI is InChI=1S/C13H16N2O6S/c14-22(19,20)11-4-5-13(12(7-11)15(17)18)21-8-9-2-1-3-10(16)6-9/h4-5,7,9H,1-3,6,8H2,(H2,14,19,20). The number of ether oxygens (including phenoxy) is 1. The third-order valence-corrected chi connectivity index (χ3v) is 4.43. The van der Waals surface area contributed by atoms with Gasteiger partial charge in [0.2, 0.25) is 10.0 Å². The van der Waals surface area contributed by atoms with Crippen LogP contribution in [-0.2, 0) is 14.8 Å². The average Bonchev–Trinajstić information content (AvgIpc) is 2.44. The predicted molar refractivity (Wildman–Crippen MR) is 76.9 cm³/mol. The van der Waals surface area contributed by atoms with E-state index in [1.807, 2.05) is 0 Å². The highest BCUT2D eigenvalue weighted by atomic mass is 32.2. The van der Waals surface area contributed by atoms with Gasteiger partial charge in [0.25, 0.3) is 0 Å². The maximum absolute atomic E-state index is 11.4.